The summed E-state index contributed by atoms with van der Waals surface area (Å²) in [5.41, 5.74) is 3.44. The van der Waals surface area contributed by atoms with E-state index in [1.807, 2.05) is 6.92 Å². The quantitative estimate of drug-likeness (QED) is 0.866. The van der Waals surface area contributed by atoms with Gasteiger partial charge in [0.05, 0.1) is 10.2 Å². The van der Waals surface area contributed by atoms with Gasteiger partial charge in [0.2, 0.25) is 5.91 Å². The maximum atomic E-state index is 11.2. The van der Waals surface area contributed by atoms with Gasteiger partial charge in [-0.3, -0.25) is 4.79 Å². The second-order valence-corrected chi connectivity index (χ2v) is 4.86. The zero-order chi connectivity index (χ0) is 11.7. The van der Waals surface area contributed by atoms with Gasteiger partial charge in [-0.15, -0.1) is 0 Å². The molecule has 0 spiro atoms. The van der Waals surface area contributed by atoms with Crippen molar-refractivity contribution in [3.63, 3.8) is 0 Å². The summed E-state index contributed by atoms with van der Waals surface area (Å²) in [7, 11) is 0. The first-order valence-corrected chi connectivity index (χ1v) is 6.09. The molecule has 1 heterocycles. The number of aromatic nitrogens is 1. The molecule has 4 heteroatoms. The predicted octanol–water partition coefficient (Wildman–Crippen LogP) is 3.26. The second kappa shape index (κ2) is 4.22. The third-order valence-electron chi connectivity index (χ3n) is 2.57. The molecular weight excluding hydrogens is 220 g/mol. The number of hydrogen-bond donors (Lipinski definition) is 1. The van der Waals surface area contributed by atoms with E-state index in [9.17, 15) is 4.79 Å². The van der Waals surface area contributed by atoms with Crippen molar-refractivity contribution in [2.75, 3.05) is 5.32 Å². The fourth-order valence-corrected chi connectivity index (χ4v) is 2.40. The van der Waals surface area contributed by atoms with E-state index in [-0.39, 0.29) is 5.91 Å². The Morgan fingerprint density at radius 1 is 1.38 bits per heavy atom. The van der Waals surface area contributed by atoms with Gasteiger partial charge >= 0.3 is 0 Å². The molecule has 84 valence electrons. The summed E-state index contributed by atoms with van der Waals surface area (Å²) >= 11 is 1.52. The summed E-state index contributed by atoms with van der Waals surface area (Å²) < 4.78 is 1.12. The third-order valence-corrected chi connectivity index (χ3v) is 3.50. The van der Waals surface area contributed by atoms with Crippen LogP contribution in [0.5, 0.6) is 0 Å². The van der Waals surface area contributed by atoms with Gasteiger partial charge in [-0.2, -0.15) is 0 Å². The molecule has 0 fully saturated rings. The number of anilines is 1. The lowest BCUT2D eigenvalue weighted by Gasteiger charge is -1.96. The molecule has 0 saturated carbocycles. The van der Waals surface area contributed by atoms with E-state index in [1.165, 1.54) is 22.5 Å². The van der Waals surface area contributed by atoms with Crippen molar-refractivity contribution >= 4 is 32.6 Å². The minimum atomic E-state index is 0.00694. The van der Waals surface area contributed by atoms with Crippen molar-refractivity contribution in [1.29, 1.82) is 0 Å². The predicted molar refractivity (Wildman–Crippen MR) is 68.0 cm³/mol. The Hall–Kier alpha value is -1.42. The number of nitrogens with one attached hydrogen (secondary N) is 1. The van der Waals surface area contributed by atoms with E-state index in [1.54, 1.807) is 0 Å². The van der Waals surface area contributed by atoms with Crippen LogP contribution in [-0.2, 0) is 4.79 Å². The number of thiazole rings is 1. The molecule has 0 bridgehead atoms. The van der Waals surface area contributed by atoms with Gasteiger partial charge in [-0.1, -0.05) is 18.3 Å². The Morgan fingerprint density at radius 3 is 2.75 bits per heavy atom. The molecular formula is C12H14N2OS. The Kier molecular flexibility index (Phi) is 2.92. The molecule has 3 nitrogen and oxygen atoms in total. The molecule has 0 radical (unpaired) electrons. The van der Waals surface area contributed by atoms with E-state index in [4.69, 9.17) is 0 Å². The highest BCUT2D eigenvalue weighted by Gasteiger charge is 2.07. The van der Waals surface area contributed by atoms with Gasteiger partial charge in [0.25, 0.3) is 0 Å². The van der Waals surface area contributed by atoms with E-state index in [0.717, 1.165) is 10.2 Å². The SMILES string of the molecule is CCC(=O)Nc1nc2cc(C)c(C)cc2s1. The lowest BCUT2D eigenvalue weighted by molar-refractivity contribution is -0.115. The first-order valence-electron chi connectivity index (χ1n) is 5.27. The maximum absolute atomic E-state index is 11.2. The van der Waals surface area contributed by atoms with Crippen LogP contribution in [0.25, 0.3) is 10.2 Å². The van der Waals surface area contributed by atoms with Gasteiger partial charge in [0.15, 0.2) is 5.13 Å². The number of benzene rings is 1. The van der Waals surface area contributed by atoms with Crippen LogP contribution in [0.4, 0.5) is 5.13 Å². The zero-order valence-electron chi connectivity index (χ0n) is 9.63. The number of carbonyl (C=O) groups excluding carboxylic acids is 1. The Bertz CT molecular complexity index is 506. The van der Waals surface area contributed by atoms with E-state index >= 15 is 0 Å². The fourth-order valence-electron chi connectivity index (χ4n) is 1.44. The van der Waals surface area contributed by atoms with E-state index in [2.05, 4.69) is 36.3 Å². The van der Waals surface area contributed by atoms with Gasteiger partial charge in [-0.05, 0) is 37.1 Å². The van der Waals surface area contributed by atoms with Crippen LogP contribution >= 0.6 is 11.3 Å². The van der Waals surface area contributed by atoms with Crippen LogP contribution in [0, 0.1) is 13.8 Å². The summed E-state index contributed by atoms with van der Waals surface area (Å²) in [5.74, 6) is 0.00694. The molecule has 1 amide bonds. The maximum Gasteiger partial charge on any atom is 0.225 e. The summed E-state index contributed by atoms with van der Waals surface area (Å²) in [5, 5.41) is 3.48. The van der Waals surface area contributed by atoms with Crippen LogP contribution in [0.2, 0.25) is 0 Å². The topological polar surface area (TPSA) is 42.0 Å². The van der Waals surface area contributed by atoms with Crippen LogP contribution in [0.15, 0.2) is 12.1 Å². The molecule has 16 heavy (non-hydrogen) atoms. The van der Waals surface area contributed by atoms with Gasteiger partial charge in [0.1, 0.15) is 0 Å². The largest absolute Gasteiger partial charge is 0.302 e. The number of amides is 1. The van der Waals surface area contributed by atoms with Gasteiger partial charge < -0.3 is 5.32 Å². The van der Waals surface area contributed by atoms with Crippen molar-refractivity contribution < 1.29 is 4.79 Å². The van der Waals surface area contributed by atoms with Crippen molar-refractivity contribution in [2.24, 2.45) is 0 Å². The highest BCUT2D eigenvalue weighted by molar-refractivity contribution is 7.22. The highest BCUT2D eigenvalue weighted by atomic mass is 32.1. The number of hydrogen-bond acceptors (Lipinski definition) is 3. The number of rotatable bonds is 2. The molecule has 0 aliphatic carbocycles. The Morgan fingerprint density at radius 2 is 2.06 bits per heavy atom. The van der Waals surface area contributed by atoms with Crippen molar-refractivity contribution in [2.45, 2.75) is 27.2 Å². The van der Waals surface area contributed by atoms with Crippen molar-refractivity contribution in [3.05, 3.63) is 23.3 Å². The average molecular weight is 234 g/mol. The number of fused-ring (bicyclic) bond motifs is 1. The Labute approximate surface area is 98.5 Å². The third kappa shape index (κ3) is 2.07. The second-order valence-electron chi connectivity index (χ2n) is 3.82. The molecule has 1 aromatic carbocycles. The van der Waals surface area contributed by atoms with Crippen LogP contribution in [0.3, 0.4) is 0 Å². The minimum Gasteiger partial charge on any atom is -0.302 e. The molecule has 0 aliphatic rings. The lowest BCUT2D eigenvalue weighted by Crippen LogP contribution is -2.08. The summed E-state index contributed by atoms with van der Waals surface area (Å²) in [6, 6.07) is 4.17. The molecule has 2 rings (SSSR count). The molecule has 1 N–H and O–H groups in total. The lowest BCUT2D eigenvalue weighted by atomic mass is 10.1. The first-order chi connectivity index (χ1) is 7.60. The van der Waals surface area contributed by atoms with Gasteiger partial charge in [0, 0.05) is 6.42 Å². The zero-order valence-corrected chi connectivity index (χ0v) is 10.4. The highest BCUT2D eigenvalue weighted by Crippen LogP contribution is 2.28. The van der Waals surface area contributed by atoms with Crippen LogP contribution < -0.4 is 5.32 Å². The first kappa shape index (κ1) is 11.1. The minimum absolute atomic E-state index is 0.00694. The van der Waals surface area contributed by atoms with Gasteiger partial charge in [-0.25, -0.2) is 4.98 Å². The standard InChI is InChI=1S/C12H14N2OS/c1-4-11(15)14-12-13-9-5-7(2)8(3)6-10(9)16-12/h5-6H,4H2,1-3H3,(H,13,14,15). The molecule has 0 saturated heterocycles. The normalized spacial score (nSPS) is 10.7. The number of aryl methyl sites for hydroxylation is 2. The number of carbonyl (C=O) groups is 1. The molecule has 1 aromatic heterocycles. The van der Waals surface area contributed by atoms with Crippen molar-refractivity contribution in [1.82, 2.24) is 4.98 Å². The number of nitrogens with zero attached hydrogens (tertiary/aromatic N) is 1. The monoisotopic (exact) mass is 234 g/mol. The van der Waals surface area contributed by atoms with Crippen LogP contribution in [0.1, 0.15) is 24.5 Å². The fraction of sp³-hybridized carbons (Fsp3) is 0.333. The average Bonchev–Trinajstić information content (AvgIpc) is 2.60. The Balaban J connectivity index is 2.40. The van der Waals surface area contributed by atoms with Crippen LogP contribution in [-0.4, -0.2) is 10.9 Å². The summed E-state index contributed by atoms with van der Waals surface area (Å²) in [6.45, 7) is 5.98. The smallest absolute Gasteiger partial charge is 0.225 e. The molecule has 0 atom stereocenters. The van der Waals surface area contributed by atoms with Crippen molar-refractivity contribution in [3.8, 4) is 0 Å². The van der Waals surface area contributed by atoms with E-state index in [0.29, 0.717) is 11.6 Å². The molecule has 2 aromatic rings. The molecule has 0 aliphatic heterocycles. The van der Waals surface area contributed by atoms with E-state index < -0.39 is 0 Å². The summed E-state index contributed by atoms with van der Waals surface area (Å²) in [6.07, 6.45) is 0.480. The summed E-state index contributed by atoms with van der Waals surface area (Å²) in [4.78, 5) is 15.6. The molecule has 0 unspecified atom stereocenters.